The molecule has 21 heavy (non-hydrogen) atoms. The summed E-state index contributed by atoms with van der Waals surface area (Å²) in [6.07, 6.45) is 1.67. The van der Waals surface area contributed by atoms with Crippen molar-refractivity contribution < 1.29 is 18.3 Å². The van der Waals surface area contributed by atoms with Crippen LogP contribution in [0.3, 0.4) is 0 Å². The maximum absolute atomic E-state index is 12.2. The summed E-state index contributed by atoms with van der Waals surface area (Å²) in [6, 6.07) is 1.15. The van der Waals surface area contributed by atoms with Gasteiger partial charge in [-0.15, -0.1) is 22.7 Å². The molecule has 1 atom stereocenters. The number of rotatable bonds is 6. The molecule has 2 aromatic rings. The molecule has 0 aliphatic rings. The summed E-state index contributed by atoms with van der Waals surface area (Å²) >= 11 is 5.42. The van der Waals surface area contributed by atoms with Crippen LogP contribution >= 0.6 is 38.6 Å². The van der Waals surface area contributed by atoms with Crippen molar-refractivity contribution in [3.63, 3.8) is 0 Å². The molecule has 0 fully saturated rings. The van der Waals surface area contributed by atoms with Crippen LogP contribution in [0.25, 0.3) is 0 Å². The van der Waals surface area contributed by atoms with Crippen molar-refractivity contribution in [1.29, 1.82) is 0 Å². The van der Waals surface area contributed by atoms with E-state index >= 15 is 0 Å². The fourth-order valence-electron chi connectivity index (χ4n) is 1.52. The lowest BCUT2D eigenvalue weighted by atomic mass is 10.2. The molecule has 0 spiro atoms. The fourth-order valence-corrected chi connectivity index (χ4v) is 5.75. The van der Waals surface area contributed by atoms with Crippen LogP contribution in [-0.4, -0.2) is 31.0 Å². The molecule has 1 unspecified atom stereocenters. The number of hydrogen-bond donors (Lipinski definition) is 2. The molecule has 0 aliphatic carbocycles. The molecule has 0 saturated carbocycles. The molecular formula is C11H11BrN2O4S3. The van der Waals surface area contributed by atoms with Crippen molar-refractivity contribution >= 4 is 54.6 Å². The molecule has 10 heteroatoms. The van der Waals surface area contributed by atoms with Crippen LogP contribution in [0.4, 0.5) is 0 Å². The minimum Gasteiger partial charge on any atom is -0.477 e. The summed E-state index contributed by atoms with van der Waals surface area (Å²) in [7, 11) is -3.76. The van der Waals surface area contributed by atoms with E-state index in [0.717, 1.165) is 22.4 Å². The van der Waals surface area contributed by atoms with Crippen molar-refractivity contribution in [2.75, 3.05) is 6.54 Å². The molecule has 0 aliphatic heterocycles. The predicted octanol–water partition coefficient (Wildman–Crippen LogP) is 2.75. The van der Waals surface area contributed by atoms with Crippen molar-refractivity contribution in [3.05, 3.63) is 31.3 Å². The van der Waals surface area contributed by atoms with E-state index in [1.165, 1.54) is 11.3 Å². The van der Waals surface area contributed by atoms with Crippen molar-refractivity contribution in [3.8, 4) is 0 Å². The number of aromatic nitrogens is 1. The molecular weight excluding hydrogens is 400 g/mol. The smallest absolute Gasteiger partial charge is 0.345 e. The molecule has 114 valence electrons. The van der Waals surface area contributed by atoms with Crippen molar-refractivity contribution in [2.45, 2.75) is 17.7 Å². The number of thiazole rings is 1. The van der Waals surface area contributed by atoms with E-state index in [4.69, 9.17) is 5.11 Å². The molecule has 2 heterocycles. The minimum atomic E-state index is -3.76. The Bertz CT molecular complexity index is 740. The molecule has 0 bridgehead atoms. The van der Waals surface area contributed by atoms with Gasteiger partial charge in [-0.05, 0) is 22.0 Å². The average molecular weight is 411 g/mol. The highest BCUT2D eigenvalue weighted by Crippen LogP contribution is 2.31. The maximum atomic E-state index is 12.2. The van der Waals surface area contributed by atoms with Crippen LogP contribution in [0.5, 0.6) is 0 Å². The van der Waals surface area contributed by atoms with E-state index < -0.39 is 16.0 Å². The first-order chi connectivity index (χ1) is 9.81. The Morgan fingerprint density at radius 2 is 2.29 bits per heavy atom. The molecule has 0 amide bonds. The SMILES string of the molecule is CC(CNS(=O)(=O)c1cc(C(=O)O)sc1Br)c1nccs1. The normalized spacial score (nSPS) is 13.2. The quantitative estimate of drug-likeness (QED) is 0.762. The first-order valence-corrected chi connectivity index (χ1v) is 9.70. The van der Waals surface area contributed by atoms with E-state index in [0.29, 0.717) is 0 Å². The number of thiophene rings is 1. The minimum absolute atomic E-state index is 0.0322. The summed E-state index contributed by atoms with van der Waals surface area (Å²) in [5, 5.41) is 11.6. The van der Waals surface area contributed by atoms with Crippen LogP contribution in [0.15, 0.2) is 26.3 Å². The molecule has 2 rings (SSSR count). The monoisotopic (exact) mass is 410 g/mol. The molecule has 2 N–H and O–H groups in total. The highest BCUT2D eigenvalue weighted by atomic mass is 79.9. The lowest BCUT2D eigenvalue weighted by molar-refractivity contribution is 0.0702. The van der Waals surface area contributed by atoms with E-state index in [-0.39, 0.29) is 26.0 Å². The number of halogens is 1. The summed E-state index contributed by atoms with van der Waals surface area (Å²) in [6.45, 7) is 2.06. The fraction of sp³-hybridized carbons (Fsp3) is 0.273. The van der Waals surface area contributed by atoms with E-state index in [9.17, 15) is 13.2 Å². The van der Waals surface area contributed by atoms with Crippen molar-refractivity contribution in [1.82, 2.24) is 9.71 Å². The van der Waals surface area contributed by atoms with Crippen LogP contribution in [0.2, 0.25) is 0 Å². The van der Waals surface area contributed by atoms with E-state index in [1.54, 1.807) is 6.20 Å². The Kier molecular flexibility index (Phi) is 5.15. The van der Waals surface area contributed by atoms with Crippen LogP contribution in [0.1, 0.15) is 27.5 Å². The predicted molar refractivity (Wildman–Crippen MR) is 84.7 cm³/mol. The van der Waals surface area contributed by atoms with Gasteiger partial charge in [0.15, 0.2) is 0 Å². The average Bonchev–Trinajstić information content (AvgIpc) is 3.05. The van der Waals surface area contributed by atoms with Gasteiger partial charge in [0.2, 0.25) is 10.0 Å². The zero-order valence-corrected chi connectivity index (χ0v) is 14.8. The second kappa shape index (κ2) is 6.53. The number of nitrogens with one attached hydrogen (secondary N) is 1. The number of nitrogens with zero attached hydrogens (tertiary/aromatic N) is 1. The molecule has 2 aromatic heterocycles. The largest absolute Gasteiger partial charge is 0.477 e. The van der Waals surface area contributed by atoms with Crippen molar-refractivity contribution in [2.24, 2.45) is 0 Å². The van der Waals surface area contributed by atoms with E-state index in [2.05, 4.69) is 25.6 Å². The third-order valence-corrected chi connectivity index (χ3v) is 7.28. The lowest BCUT2D eigenvalue weighted by Gasteiger charge is -2.10. The van der Waals surface area contributed by atoms with Crippen LogP contribution in [-0.2, 0) is 10.0 Å². The summed E-state index contributed by atoms with van der Waals surface area (Å²) in [5.74, 6) is -1.21. The Hall–Kier alpha value is -0.810. The van der Waals surface area contributed by atoms with Crippen LogP contribution in [0, 0.1) is 0 Å². The highest BCUT2D eigenvalue weighted by Gasteiger charge is 2.24. The van der Waals surface area contributed by atoms with Crippen LogP contribution < -0.4 is 4.72 Å². The van der Waals surface area contributed by atoms with Gasteiger partial charge in [-0.3, -0.25) is 0 Å². The molecule has 0 aromatic carbocycles. The third kappa shape index (κ3) is 3.89. The Balaban J connectivity index is 2.13. The molecule has 0 radical (unpaired) electrons. The van der Waals surface area contributed by atoms with Gasteiger partial charge in [0.05, 0.1) is 8.79 Å². The van der Waals surface area contributed by atoms with Gasteiger partial charge in [-0.1, -0.05) is 6.92 Å². The number of carbonyl (C=O) groups is 1. The number of carboxylic acids is 1. The lowest BCUT2D eigenvalue weighted by Crippen LogP contribution is -2.27. The zero-order valence-electron chi connectivity index (χ0n) is 10.7. The van der Waals surface area contributed by atoms with Gasteiger partial charge in [-0.2, -0.15) is 0 Å². The van der Waals surface area contributed by atoms with Gasteiger partial charge in [0.1, 0.15) is 9.77 Å². The Morgan fingerprint density at radius 3 is 2.81 bits per heavy atom. The second-order valence-corrected chi connectivity index (χ2v) is 9.21. The maximum Gasteiger partial charge on any atom is 0.345 e. The number of aromatic carboxylic acids is 1. The number of sulfonamides is 1. The molecule has 6 nitrogen and oxygen atoms in total. The third-order valence-electron chi connectivity index (χ3n) is 2.61. The first-order valence-electron chi connectivity index (χ1n) is 5.73. The highest BCUT2D eigenvalue weighted by molar-refractivity contribution is 9.11. The summed E-state index contributed by atoms with van der Waals surface area (Å²) in [5.41, 5.74) is 0. The van der Waals surface area contributed by atoms with Gasteiger partial charge < -0.3 is 5.11 Å². The van der Waals surface area contributed by atoms with Gasteiger partial charge in [-0.25, -0.2) is 22.9 Å². The number of hydrogen-bond acceptors (Lipinski definition) is 6. The topological polar surface area (TPSA) is 96.4 Å². The van der Waals surface area contributed by atoms with E-state index in [1.807, 2.05) is 12.3 Å². The Morgan fingerprint density at radius 1 is 1.57 bits per heavy atom. The zero-order chi connectivity index (χ0) is 15.6. The second-order valence-electron chi connectivity index (χ2n) is 4.18. The standard InChI is InChI=1S/C11H11BrN2O4S3/c1-6(10-13-2-3-19-10)5-14-21(17,18)8-4-7(11(15)16)20-9(8)12/h2-4,6,14H,5H2,1H3,(H,15,16). The van der Waals surface area contributed by atoms with Gasteiger partial charge in [0, 0.05) is 24.0 Å². The van der Waals surface area contributed by atoms with Gasteiger partial charge >= 0.3 is 5.97 Å². The van der Waals surface area contributed by atoms with Gasteiger partial charge in [0.25, 0.3) is 0 Å². The molecule has 0 saturated heterocycles. The Labute approximate surface area is 138 Å². The summed E-state index contributed by atoms with van der Waals surface area (Å²) in [4.78, 5) is 14.9. The number of carboxylic acid groups (broad SMARTS) is 1. The first kappa shape index (κ1) is 16.6. The summed E-state index contributed by atoms with van der Waals surface area (Å²) < 4.78 is 27.2.